The van der Waals surface area contributed by atoms with Crippen LogP contribution in [0, 0.1) is 5.82 Å². The smallest absolute Gasteiger partial charge is 0.255 e. The first-order valence-electron chi connectivity index (χ1n) is 9.94. The molecule has 4 rings (SSSR count). The van der Waals surface area contributed by atoms with E-state index in [-0.39, 0.29) is 5.56 Å². The molecule has 1 fully saturated rings. The van der Waals surface area contributed by atoms with Gasteiger partial charge >= 0.3 is 0 Å². The zero-order valence-electron chi connectivity index (χ0n) is 17.2. The minimum Gasteiger partial charge on any atom is -0.322 e. The Morgan fingerprint density at radius 2 is 1.91 bits per heavy atom. The first-order chi connectivity index (χ1) is 15.4. The van der Waals surface area contributed by atoms with E-state index in [1.165, 1.54) is 26.8 Å². The Labute approximate surface area is 189 Å². The van der Waals surface area contributed by atoms with Gasteiger partial charge < -0.3 is 5.32 Å². The van der Waals surface area contributed by atoms with Gasteiger partial charge in [-0.05, 0) is 65.9 Å². The summed E-state index contributed by atoms with van der Waals surface area (Å²) < 4.78 is 43.1. The summed E-state index contributed by atoms with van der Waals surface area (Å²) in [5.74, 6) is -1.43. The lowest BCUT2D eigenvalue weighted by Crippen LogP contribution is -2.36. The van der Waals surface area contributed by atoms with E-state index in [4.69, 9.17) is 0 Å². The summed E-state index contributed by atoms with van der Waals surface area (Å²) in [6.45, 7) is 0.695. The van der Waals surface area contributed by atoms with Crippen molar-refractivity contribution in [2.45, 2.75) is 29.3 Å². The summed E-state index contributed by atoms with van der Waals surface area (Å²) in [5.41, 5.74) is 1.14. The number of thioether (sulfide) groups is 1. The molecule has 0 radical (unpaired) electrons. The first-order valence-corrected chi connectivity index (χ1v) is 12.6. The largest absolute Gasteiger partial charge is 0.322 e. The SMILES string of the molecule is CSc1nnnn1-c1cccc(NC(=O)c2ccc(F)c(S(=O)(=O)N3CCCCC3)c2)c1. The molecule has 2 heterocycles. The number of sulfonamides is 1. The molecule has 12 heteroatoms. The average molecular weight is 477 g/mol. The van der Waals surface area contributed by atoms with E-state index in [0.29, 0.717) is 29.6 Å². The number of carbonyl (C=O) groups excluding carboxylic acids is 1. The number of anilines is 1. The number of aromatic nitrogens is 4. The van der Waals surface area contributed by atoms with Crippen LogP contribution in [0.2, 0.25) is 0 Å². The maximum atomic E-state index is 14.4. The average Bonchev–Trinajstić information content (AvgIpc) is 3.29. The van der Waals surface area contributed by atoms with Gasteiger partial charge in [-0.25, -0.2) is 12.8 Å². The fraction of sp³-hybridized carbons (Fsp3) is 0.300. The molecule has 0 atom stereocenters. The standard InChI is InChI=1S/C20H21FN6O3S2/c1-31-20-23-24-25-27(20)16-7-5-6-15(13-16)22-19(28)14-8-9-17(21)18(12-14)32(29,30)26-10-3-2-4-11-26/h5-9,12-13H,2-4,10-11H2,1H3,(H,22,28). The molecule has 1 N–H and O–H groups in total. The molecule has 0 saturated carbocycles. The third-order valence-corrected chi connectivity index (χ3v) is 7.63. The molecular weight excluding hydrogens is 455 g/mol. The summed E-state index contributed by atoms with van der Waals surface area (Å²) in [6, 6.07) is 10.2. The molecule has 2 aromatic carbocycles. The van der Waals surface area contributed by atoms with Crippen LogP contribution in [0.1, 0.15) is 29.6 Å². The summed E-state index contributed by atoms with van der Waals surface area (Å²) in [7, 11) is -4.02. The molecular formula is C20H21FN6O3S2. The van der Waals surface area contributed by atoms with Crippen molar-refractivity contribution in [2.75, 3.05) is 24.7 Å². The molecule has 0 unspecified atom stereocenters. The van der Waals surface area contributed by atoms with Gasteiger partial charge in [0.05, 0.1) is 5.69 Å². The predicted octanol–water partition coefficient (Wildman–Crippen LogP) is 2.95. The Kier molecular flexibility index (Phi) is 6.53. The van der Waals surface area contributed by atoms with Crippen LogP contribution >= 0.6 is 11.8 Å². The fourth-order valence-electron chi connectivity index (χ4n) is 3.47. The zero-order valence-corrected chi connectivity index (χ0v) is 18.9. The number of hydrogen-bond donors (Lipinski definition) is 1. The molecule has 32 heavy (non-hydrogen) atoms. The van der Waals surface area contributed by atoms with E-state index >= 15 is 0 Å². The molecule has 9 nitrogen and oxygen atoms in total. The summed E-state index contributed by atoms with van der Waals surface area (Å²) in [5, 5.41) is 14.8. The Morgan fingerprint density at radius 3 is 2.66 bits per heavy atom. The molecule has 1 aromatic heterocycles. The van der Waals surface area contributed by atoms with Gasteiger partial charge in [-0.3, -0.25) is 4.79 Å². The number of rotatable bonds is 6. The van der Waals surface area contributed by atoms with Crippen molar-refractivity contribution in [1.82, 2.24) is 24.5 Å². The third-order valence-electron chi connectivity index (χ3n) is 5.10. The Hall–Kier alpha value is -2.83. The third kappa shape index (κ3) is 4.52. The van der Waals surface area contributed by atoms with E-state index in [9.17, 15) is 17.6 Å². The summed E-state index contributed by atoms with van der Waals surface area (Å²) in [6.07, 6.45) is 4.25. The number of piperidine rings is 1. The van der Waals surface area contributed by atoms with Crippen molar-refractivity contribution >= 4 is 33.4 Å². The number of carbonyl (C=O) groups is 1. The number of halogens is 1. The van der Waals surface area contributed by atoms with Crippen molar-refractivity contribution in [3.8, 4) is 5.69 Å². The molecule has 168 valence electrons. The lowest BCUT2D eigenvalue weighted by Gasteiger charge is -2.26. The van der Waals surface area contributed by atoms with Crippen LogP contribution in [0.15, 0.2) is 52.5 Å². The molecule has 1 amide bonds. The minimum absolute atomic E-state index is 0.0413. The van der Waals surface area contributed by atoms with Crippen LogP contribution in [-0.2, 0) is 10.0 Å². The van der Waals surface area contributed by atoms with Crippen LogP contribution in [-0.4, -0.2) is 58.2 Å². The predicted molar refractivity (Wildman–Crippen MR) is 118 cm³/mol. The zero-order chi connectivity index (χ0) is 22.7. The minimum atomic E-state index is -4.02. The van der Waals surface area contributed by atoms with Crippen LogP contribution in [0.4, 0.5) is 10.1 Å². The molecule has 0 bridgehead atoms. The van der Waals surface area contributed by atoms with Crippen molar-refractivity contribution in [3.63, 3.8) is 0 Å². The van der Waals surface area contributed by atoms with E-state index in [1.54, 1.807) is 24.3 Å². The molecule has 0 spiro atoms. The van der Waals surface area contributed by atoms with Gasteiger partial charge in [0.15, 0.2) is 0 Å². The van der Waals surface area contributed by atoms with Crippen molar-refractivity contribution < 1.29 is 17.6 Å². The second kappa shape index (κ2) is 9.35. The highest BCUT2D eigenvalue weighted by Gasteiger charge is 2.29. The highest BCUT2D eigenvalue weighted by molar-refractivity contribution is 7.98. The molecule has 1 aliphatic heterocycles. The van der Waals surface area contributed by atoms with Gasteiger partial charge in [0.1, 0.15) is 10.7 Å². The van der Waals surface area contributed by atoms with Crippen LogP contribution in [0.5, 0.6) is 0 Å². The molecule has 3 aromatic rings. The number of tetrazole rings is 1. The van der Waals surface area contributed by atoms with E-state index in [2.05, 4.69) is 20.8 Å². The van der Waals surface area contributed by atoms with Gasteiger partial charge in [-0.2, -0.15) is 8.99 Å². The summed E-state index contributed by atoms with van der Waals surface area (Å²) >= 11 is 1.37. The van der Waals surface area contributed by atoms with Gasteiger partial charge in [-0.15, -0.1) is 5.10 Å². The second-order valence-corrected chi connectivity index (χ2v) is 9.87. The number of hydrogen-bond acceptors (Lipinski definition) is 7. The highest BCUT2D eigenvalue weighted by Crippen LogP contribution is 2.25. The fourth-order valence-corrected chi connectivity index (χ4v) is 5.51. The topological polar surface area (TPSA) is 110 Å². The van der Waals surface area contributed by atoms with Crippen molar-refractivity contribution in [2.24, 2.45) is 0 Å². The van der Waals surface area contributed by atoms with E-state index in [1.807, 2.05) is 6.26 Å². The molecule has 1 aliphatic rings. The van der Waals surface area contributed by atoms with Crippen LogP contribution in [0.3, 0.4) is 0 Å². The van der Waals surface area contributed by atoms with Crippen molar-refractivity contribution in [1.29, 1.82) is 0 Å². The number of benzene rings is 2. The summed E-state index contributed by atoms with van der Waals surface area (Å²) in [4.78, 5) is 12.3. The van der Waals surface area contributed by atoms with Gasteiger partial charge in [0.2, 0.25) is 15.2 Å². The van der Waals surface area contributed by atoms with Gasteiger partial charge in [-0.1, -0.05) is 24.2 Å². The highest BCUT2D eigenvalue weighted by atomic mass is 32.2. The van der Waals surface area contributed by atoms with Crippen LogP contribution in [0.25, 0.3) is 5.69 Å². The number of amides is 1. The lowest BCUT2D eigenvalue weighted by molar-refractivity contribution is 0.102. The number of nitrogens with one attached hydrogen (secondary N) is 1. The normalized spacial score (nSPS) is 14.9. The molecule has 1 saturated heterocycles. The van der Waals surface area contributed by atoms with E-state index < -0.39 is 26.6 Å². The maximum Gasteiger partial charge on any atom is 0.255 e. The lowest BCUT2D eigenvalue weighted by atomic mass is 10.2. The van der Waals surface area contributed by atoms with Gasteiger partial charge in [0.25, 0.3) is 5.91 Å². The number of nitrogens with zero attached hydrogens (tertiary/aromatic N) is 5. The Morgan fingerprint density at radius 1 is 1.12 bits per heavy atom. The maximum absolute atomic E-state index is 14.4. The monoisotopic (exact) mass is 476 g/mol. The van der Waals surface area contributed by atoms with Crippen LogP contribution < -0.4 is 5.32 Å². The first kappa shape index (κ1) is 22.4. The Bertz CT molecular complexity index is 1240. The quantitative estimate of drug-likeness (QED) is 0.545. The Balaban J connectivity index is 1.58. The second-order valence-electron chi connectivity index (χ2n) is 7.19. The van der Waals surface area contributed by atoms with E-state index in [0.717, 1.165) is 31.4 Å². The van der Waals surface area contributed by atoms with Crippen molar-refractivity contribution in [3.05, 3.63) is 53.8 Å². The molecule has 0 aliphatic carbocycles. The van der Waals surface area contributed by atoms with Gasteiger partial charge in [0, 0.05) is 24.3 Å².